The van der Waals surface area contributed by atoms with Crippen LogP contribution in [0.5, 0.6) is 0 Å². The number of nitrogens with zero attached hydrogens (tertiary/aromatic N) is 2. The van der Waals surface area contributed by atoms with E-state index in [9.17, 15) is 10.2 Å². The Morgan fingerprint density at radius 2 is 1.70 bits per heavy atom. The van der Waals surface area contributed by atoms with Crippen LogP contribution in [0.3, 0.4) is 0 Å². The fourth-order valence-electron chi connectivity index (χ4n) is 3.30. The van der Waals surface area contributed by atoms with Crippen LogP contribution in [0.4, 0.5) is 0 Å². The number of aliphatic hydroxyl groups is 2. The number of hydrogen-bond donors (Lipinski definition) is 2. The van der Waals surface area contributed by atoms with Crippen molar-refractivity contribution in [1.29, 1.82) is 0 Å². The third-order valence-electron chi connectivity index (χ3n) is 4.79. The van der Waals surface area contributed by atoms with E-state index in [0.717, 1.165) is 23.4 Å². The third-order valence-corrected chi connectivity index (χ3v) is 5.05. The second-order valence-corrected chi connectivity index (χ2v) is 7.36. The molecule has 4 nitrogen and oxygen atoms in total. The molecule has 0 bridgehead atoms. The lowest BCUT2D eigenvalue weighted by atomic mass is 9.90. The number of benzene rings is 2. The Bertz CT molecular complexity index is 817. The second-order valence-electron chi connectivity index (χ2n) is 6.92. The Morgan fingerprint density at radius 1 is 1.04 bits per heavy atom. The van der Waals surface area contributed by atoms with Crippen LogP contribution in [-0.4, -0.2) is 26.6 Å². The Morgan fingerprint density at radius 3 is 2.30 bits per heavy atom. The maximum Gasteiger partial charge on any atom is 0.111 e. The number of aryl methyl sites for hydroxylation is 1. The van der Waals surface area contributed by atoms with Crippen LogP contribution in [0, 0.1) is 6.92 Å². The first kappa shape index (κ1) is 19.6. The van der Waals surface area contributed by atoms with Crippen LogP contribution < -0.4 is 0 Å². The normalized spacial score (nSPS) is 13.5. The molecule has 1 atom stereocenters. The van der Waals surface area contributed by atoms with Gasteiger partial charge in [-0.2, -0.15) is 5.10 Å². The molecule has 3 aromatic rings. The molecule has 0 radical (unpaired) electrons. The molecule has 0 amide bonds. The molecule has 1 unspecified atom stereocenters. The Balaban J connectivity index is 2.16. The molecule has 0 saturated heterocycles. The van der Waals surface area contributed by atoms with Crippen molar-refractivity contribution >= 4 is 11.6 Å². The summed E-state index contributed by atoms with van der Waals surface area (Å²) in [6.45, 7) is 3.97. The van der Waals surface area contributed by atoms with Crippen LogP contribution in [0.2, 0.25) is 5.02 Å². The summed E-state index contributed by atoms with van der Waals surface area (Å²) in [4.78, 5) is 0. The molecule has 5 heteroatoms. The quantitative estimate of drug-likeness (QED) is 0.610. The van der Waals surface area contributed by atoms with Crippen LogP contribution in [0.1, 0.15) is 37.4 Å². The van der Waals surface area contributed by atoms with Crippen molar-refractivity contribution in [3.63, 3.8) is 0 Å². The summed E-state index contributed by atoms with van der Waals surface area (Å²) in [5.74, 6) is 0. The van der Waals surface area contributed by atoms with E-state index in [1.807, 2.05) is 61.0 Å². The molecule has 2 aromatic carbocycles. The van der Waals surface area contributed by atoms with Crippen LogP contribution >= 0.6 is 11.6 Å². The van der Waals surface area contributed by atoms with Gasteiger partial charge in [-0.05, 0) is 43.7 Å². The molecular weight excluding hydrogens is 360 g/mol. The Labute approximate surface area is 165 Å². The van der Waals surface area contributed by atoms with E-state index in [4.69, 9.17) is 16.7 Å². The van der Waals surface area contributed by atoms with Crippen molar-refractivity contribution in [2.24, 2.45) is 0 Å². The van der Waals surface area contributed by atoms with Crippen molar-refractivity contribution in [2.75, 3.05) is 6.61 Å². The van der Waals surface area contributed by atoms with E-state index < -0.39 is 5.60 Å². The monoisotopic (exact) mass is 384 g/mol. The van der Waals surface area contributed by atoms with Crippen LogP contribution in [0.25, 0.3) is 16.9 Å². The second kappa shape index (κ2) is 8.26. The van der Waals surface area contributed by atoms with E-state index in [1.54, 1.807) is 0 Å². The molecule has 0 aliphatic carbocycles. The van der Waals surface area contributed by atoms with Gasteiger partial charge in [0.2, 0.25) is 0 Å². The highest BCUT2D eigenvalue weighted by Crippen LogP contribution is 2.34. The number of aliphatic hydroxyl groups excluding tert-OH is 1. The van der Waals surface area contributed by atoms with E-state index in [0.29, 0.717) is 17.1 Å². The fraction of sp³-hybridized carbons (Fsp3) is 0.318. The molecule has 0 spiro atoms. The van der Waals surface area contributed by atoms with Gasteiger partial charge in [-0.3, -0.25) is 0 Å². The van der Waals surface area contributed by atoms with Gasteiger partial charge in [-0.1, -0.05) is 54.8 Å². The minimum atomic E-state index is -1.15. The summed E-state index contributed by atoms with van der Waals surface area (Å²) in [7, 11) is 0. The zero-order chi connectivity index (χ0) is 19.4. The van der Waals surface area contributed by atoms with Gasteiger partial charge < -0.3 is 10.2 Å². The van der Waals surface area contributed by atoms with E-state index >= 15 is 0 Å². The van der Waals surface area contributed by atoms with Gasteiger partial charge in [-0.15, -0.1) is 0 Å². The lowest BCUT2D eigenvalue weighted by Gasteiger charge is -2.24. The molecule has 27 heavy (non-hydrogen) atoms. The molecule has 142 valence electrons. The molecule has 0 aliphatic rings. The van der Waals surface area contributed by atoms with Gasteiger partial charge in [0.1, 0.15) is 5.60 Å². The smallest absolute Gasteiger partial charge is 0.111 e. The molecule has 3 rings (SSSR count). The predicted octanol–water partition coefficient (Wildman–Crippen LogP) is 4.87. The molecular formula is C22H25ClN2O2. The van der Waals surface area contributed by atoms with Gasteiger partial charge in [0.25, 0.3) is 0 Å². The van der Waals surface area contributed by atoms with E-state index in [1.165, 1.54) is 5.56 Å². The fourth-order valence-corrected chi connectivity index (χ4v) is 3.42. The molecule has 2 N–H and O–H groups in total. The van der Waals surface area contributed by atoms with E-state index in [2.05, 4.69) is 12.1 Å². The first-order valence-corrected chi connectivity index (χ1v) is 9.61. The summed E-state index contributed by atoms with van der Waals surface area (Å²) in [5.41, 5.74) is 3.37. The molecule has 1 aromatic heterocycles. The lowest BCUT2D eigenvalue weighted by Crippen LogP contribution is -2.27. The largest absolute Gasteiger partial charge is 0.396 e. The van der Waals surface area contributed by atoms with Gasteiger partial charge in [-0.25, -0.2) is 4.68 Å². The van der Waals surface area contributed by atoms with Crippen LogP contribution in [0.15, 0.2) is 54.6 Å². The molecule has 0 saturated carbocycles. The minimum Gasteiger partial charge on any atom is -0.396 e. The molecule has 0 fully saturated rings. The SMILES string of the molecule is CCCC(O)(CCO)c1cc(-c2ccc(C)cc2)n(-c2ccc(Cl)cc2)n1. The number of halogens is 1. The number of rotatable bonds is 7. The number of aromatic nitrogens is 2. The summed E-state index contributed by atoms with van der Waals surface area (Å²) in [6.07, 6.45) is 1.59. The average molecular weight is 385 g/mol. The highest BCUT2D eigenvalue weighted by Gasteiger charge is 2.32. The van der Waals surface area contributed by atoms with Crippen molar-refractivity contribution in [3.8, 4) is 16.9 Å². The van der Waals surface area contributed by atoms with E-state index in [-0.39, 0.29) is 13.0 Å². The molecule has 0 aliphatic heterocycles. The van der Waals surface area contributed by atoms with Crippen molar-refractivity contribution < 1.29 is 10.2 Å². The van der Waals surface area contributed by atoms with Crippen molar-refractivity contribution in [1.82, 2.24) is 9.78 Å². The highest BCUT2D eigenvalue weighted by atomic mass is 35.5. The summed E-state index contributed by atoms with van der Waals surface area (Å²) >= 11 is 6.04. The van der Waals surface area contributed by atoms with Gasteiger partial charge in [0, 0.05) is 23.6 Å². The standard InChI is InChI=1S/C22H25ClN2O2/c1-3-12-22(27,13-14-26)21-15-20(17-6-4-16(2)5-7-17)25(24-21)19-10-8-18(23)9-11-19/h4-11,15,26-27H,3,12-14H2,1-2H3. The summed E-state index contributed by atoms with van der Waals surface area (Å²) in [5, 5.41) is 26.0. The van der Waals surface area contributed by atoms with Crippen molar-refractivity contribution in [2.45, 2.75) is 38.7 Å². The Kier molecular flexibility index (Phi) is 6.00. The average Bonchev–Trinajstić information content (AvgIpc) is 3.09. The maximum atomic E-state index is 11.1. The third kappa shape index (κ3) is 4.24. The topological polar surface area (TPSA) is 58.3 Å². The zero-order valence-electron chi connectivity index (χ0n) is 15.7. The first-order chi connectivity index (χ1) is 13.0. The summed E-state index contributed by atoms with van der Waals surface area (Å²) < 4.78 is 1.83. The summed E-state index contributed by atoms with van der Waals surface area (Å²) in [6, 6.07) is 17.6. The first-order valence-electron chi connectivity index (χ1n) is 9.23. The van der Waals surface area contributed by atoms with Crippen LogP contribution in [-0.2, 0) is 5.60 Å². The van der Waals surface area contributed by atoms with Gasteiger partial charge in [0.15, 0.2) is 0 Å². The van der Waals surface area contributed by atoms with Gasteiger partial charge in [0.05, 0.1) is 17.1 Å². The lowest BCUT2D eigenvalue weighted by molar-refractivity contribution is -0.00146. The van der Waals surface area contributed by atoms with Crippen molar-refractivity contribution in [3.05, 3.63) is 70.9 Å². The molecule has 1 heterocycles. The highest BCUT2D eigenvalue weighted by molar-refractivity contribution is 6.30. The van der Waals surface area contributed by atoms with Gasteiger partial charge >= 0.3 is 0 Å². The maximum absolute atomic E-state index is 11.1. The predicted molar refractivity (Wildman–Crippen MR) is 109 cm³/mol. The number of hydrogen-bond acceptors (Lipinski definition) is 3. The zero-order valence-corrected chi connectivity index (χ0v) is 16.4. The minimum absolute atomic E-state index is 0.0931. The Hall–Kier alpha value is -2.14.